The van der Waals surface area contributed by atoms with Crippen LogP contribution in [0.4, 0.5) is 11.4 Å². The number of hydrogen-bond donors (Lipinski definition) is 4. The van der Waals surface area contributed by atoms with Crippen LogP contribution in [0.5, 0.6) is 0 Å². The van der Waals surface area contributed by atoms with E-state index in [1.165, 1.54) is 6.20 Å². The summed E-state index contributed by atoms with van der Waals surface area (Å²) < 4.78 is 67.6. The molecule has 1 aromatic heterocycles. The highest BCUT2D eigenvalue weighted by atomic mass is 32.2. The van der Waals surface area contributed by atoms with Crippen LogP contribution in [0.1, 0.15) is 93.4 Å². The Morgan fingerprint density at radius 2 is 1.52 bits per heavy atom. The number of primary amides is 1. The second-order valence-electron chi connectivity index (χ2n) is 15.7. The molecule has 2 aliphatic heterocycles. The fourth-order valence-electron chi connectivity index (χ4n) is 7.74. The highest BCUT2D eigenvalue weighted by Crippen LogP contribution is 2.48. The molecule has 2 aliphatic rings. The monoisotopic (exact) mass is 832 g/mol. The fourth-order valence-corrected chi connectivity index (χ4v) is 8.73. The molecule has 0 saturated heterocycles. The van der Waals surface area contributed by atoms with E-state index < -0.39 is 31.1 Å². The number of unbranched alkanes of at least 4 members (excludes halogenated alkanes) is 2. The molecule has 0 fully saturated rings. The Balaban J connectivity index is 1.54. The van der Waals surface area contributed by atoms with Crippen LogP contribution in [0.3, 0.4) is 0 Å². The molecule has 3 heterocycles. The van der Waals surface area contributed by atoms with Gasteiger partial charge in [-0.15, -0.1) is 0 Å². The Bertz CT molecular complexity index is 2360. The van der Waals surface area contributed by atoms with E-state index in [1.54, 1.807) is 12.1 Å². The molecule has 13 nitrogen and oxygen atoms in total. The minimum atomic E-state index is -4.15. The summed E-state index contributed by atoms with van der Waals surface area (Å²) in [7, 11) is -8.31. The number of benzene rings is 2. The second kappa shape index (κ2) is 18.3. The van der Waals surface area contributed by atoms with Gasteiger partial charge in [-0.1, -0.05) is 62.7 Å². The number of nitrogens with zero attached hydrogens (tertiary/aromatic N) is 3. The Kier molecular flexibility index (Phi) is 13.9. The highest BCUT2D eigenvalue weighted by molar-refractivity contribution is 7.86. The number of anilines is 1. The molecule has 0 atom stereocenters. The van der Waals surface area contributed by atoms with Gasteiger partial charge in [0, 0.05) is 72.2 Å². The van der Waals surface area contributed by atoms with E-state index in [0.717, 1.165) is 40.3 Å². The predicted octanol–water partition coefficient (Wildman–Crippen LogP) is 6.11. The molecule has 0 spiro atoms. The molecule has 2 aromatic carbocycles. The van der Waals surface area contributed by atoms with Crippen LogP contribution < -0.4 is 16.0 Å². The number of allylic oxidation sites excluding steroid dienone is 6. The third kappa shape index (κ3) is 10.9. The van der Waals surface area contributed by atoms with E-state index in [0.29, 0.717) is 55.7 Å². The molecule has 2 amide bonds. The molecule has 5 rings (SSSR count). The summed E-state index contributed by atoms with van der Waals surface area (Å²) in [6.45, 7) is 9.55. The Hall–Kier alpha value is -4.96. The largest absolute Gasteiger partial charge is 0.370 e. The summed E-state index contributed by atoms with van der Waals surface area (Å²) in [5.74, 6) is -1.37. The normalized spacial score (nSPS) is 16.9. The van der Waals surface area contributed by atoms with Gasteiger partial charge in [0.05, 0.1) is 28.2 Å². The summed E-state index contributed by atoms with van der Waals surface area (Å²) >= 11 is 0. The Morgan fingerprint density at radius 1 is 0.845 bits per heavy atom. The highest BCUT2D eigenvalue weighted by Gasteiger charge is 2.44. The predicted molar refractivity (Wildman–Crippen MR) is 228 cm³/mol. The first-order chi connectivity index (χ1) is 27.3. The van der Waals surface area contributed by atoms with E-state index >= 15 is 0 Å². The molecule has 3 aromatic rings. The zero-order chi connectivity index (χ0) is 42.3. The minimum absolute atomic E-state index is 0.205. The van der Waals surface area contributed by atoms with Crippen molar-refractivity contribution in [3.8, 4) is 0 Å². The maximum absolute atomic E-state index is 13.0. The van der Waals surface area contributed by atoms with Crippen molar-refractivity contribution in [3.05, 3.63) is 119 Å². The molecule has 15 heteroatoms. The van der Waals surface area contributed by atoms with Gasteiger partial charge in [-0.05, 0) is 69.0 Å². The van der Waals surface area contributed by atoms with Gasteiger partial charge in [-0.3, -0.25) is 23.7 Å². The number of para-hydroxylation sites is 2. The maximum atomic E-state index is 13.0. The minimum Gasteiger partial charge on any atom is -0.370 e. The van der Waals surface area contributed by atoms with Crippen molar-refractivity contribution in [3.63, 3.8) is 0 Å². The van der Waals surface area contributed by atoms with Crippen LogP contribution >= 0.6 is 0 Å². The summed E-state index contributed by atoms with van der Waals surface area (Å²) in [5, 5.41) is 2.90. The maximum Gasteiger partial charge on any atom is 0.265 e. The van der Waals surface area contributed by atoms with Crippen LogP contribution in [0, 0.1) is 0 Å². The average molecular weight is 833 g/mol. The van der Waals surface area contributed by atoms with Crippen LogP contribution in [0.15, 0.2) is 96.9 Å². The fraction of sp³-hybridized carbons (Fsp3) is 0.395. The molecule has 5 N–H and O–H groups in total. The molecule has 0 aliphatic carbocycles. The van der Waals surface area contributed by atoms with Crippen molar-refractivity contribution in [1.82, 2.24) is 10.3 Å². The number of rotatable bonds is 19. The van der Waals surface area contributed by atoms with Gasteiger partial charge in [0.25, 0.3) is 26.1 Å². The third-order valence-corrected chi connectivity index (χ3v) is 12.3. The molecule has 58 heavy (non-hydrogen) atoms. The number of carbonyl (C=O) groups excluding carboxylic acids is 2. The van der Waals surface area contributed by atoms with Crippen molar-refractivity contribution in [1.29, 1.82) is 0 Å². The molecule has 0 radical (unpaired) electrons. The lowest BCUT2D eigenvalue weighted by Gasteiger charge is -2.27. The number of amides is 2. The summed E-state index contributed by atoms with van der Waals surface area (Å²) in [5.41, 5.74) is 11.8. The number of nitrogens with one attached hydrogen (secondary N) is 1. The molecule has 310 valence electrons. The van der Waals surface area contributed by atoms with E-state index in [-0.39, 0.29) is 36.2 Å². The van der Waals surface area contributed by atoms with Gasteiger partial charge < -0.3 is 16.0 Å². The molecular weight excluding hydrogens is 779 g/mol. The quantitative estimate of drug-likeness (QED) is 0.0473. The number of nitrogens with two attached hydrogens (primary N) is 1. The van der Waals surface area contributed by atoms with Crippen LogP contribution in [-0.2, 0) is 35.9 Å². The first-order valence-electron chi connectivity index (χ1n) is 19.4. The summed E-state index contributed by atoms with van der Waals surface area (Å²) in [4.78, 5) is 30.8. The van der Waals surface area contributed by atoms with Gasteiger partial charge >= 0.3 is 0 Å². The molecular formula is C43H54N5O8S2+. The first-order valence-corrected chi connectivity index (χ1v) is 22.7. The van der Waals surface area contributed by atoms with Crippen molar-refractivity contribution in [2.45, 2.75) is 77.0 Å². The average Bonchev–Trinajstić information content (AvgIpc) is 3.50. The van der Waals surface area contributed by atoms with Gasteiger partial charge in [0.2, 0.25) is 11.6 Å². The van der Waals surface area contributed by atoms with E-state index in [4.69, 9.17) is 10.7 Å². The number of hydrogen-bond acceptors (Lipinski definition) is 8. The SMILES string of the molecule is CC1(C)C(/C=C/C(=C/C=C2/N(CCCS(=O)(=O)O)c3ccccc3C2(C)C)c2ccc(C(=O)NCCCCCC(N)=O)cn2)=[N+](CCCS(=O)(=O)O)c2ccccc21. The lowest BCUT2D eigenvalue weighted by Crippen LogP contribution is -2.28. The second-order valence-corrected chi connectivity index (χ2v) is 18.9. The van der Waals surface area contributed by atoms with Gasteiger partial charge in [0.1, 0.15) is 6.54 Å². The lowest BCUT2D eigenvalue weighted by atomic mass is 9.81. The third-order valence-electron chi connectivity index (χ3n) is 10.7. The van der Waals surface area contributed by atoms with E-state index in [9.17, 15) is 35.5 Å². The molecule has 0 bridgehead atoms. The smallest absolute Gasteiger partial charge is 0.265 e. The molecule has 0 saturated carbocycles. The van der Waals surface area contributed by atoms with Crippen molar-refractivity contribution < 1.29 is 40.1 Å². The Labute approximate surface area is 342 Å². The van der Waals surface area contributed by atoms with Crippen LogP contribution in [0.2, 0.25) is 0 Å². The zero-order valence-electron chi connectivity index (χ0n) is 33.5. The standard InChI is InChI=1S/C43H53N5O8S2/c1-42(2)33-14-7-9-16-36(33)47(26-12-28-57(51,52)53)38(42)23-20-31(35-22-19-32(30-46-35)41(50)45-25-11-5-6-18-40(44)49)21-24-39-43(3,4)34-15-8-10-17-37(34)48(39)27-13-29-58(54,55)56/h7-10,14-17,19-24,30H,5-6,11-13,18,25-29H2,1-4H3,(H4-,44,45,49,50,51,52,53,54,55,56)/p+1. The van der Waals surface area contributed by atoms with Gasteiger partial charge in [0.15, 0.2) is 5.71 Å². The lowest BCUT2D eigenvalue weighted by molar-refractivity contribution is -0.437. The van der Waals surface area contributed by atoms with Gasteiger partial charge in [-0.2, -0.15) is 21.4 Å². The van der Waals surface area contributed by atoms with Crippen molar-refractivity contribution in [2.24, 2.45) is 5.73 Å². The van der Waals surface area contributed by atoms with Crippen molar-refractivity contribution >= 4 is 54.7 Å². The number of pyridine rings is 1. The van der Waals surface area contributed by atoms with Crippen LogP contribution in [-0.4, -0.2) is 84.2 Å². The van der Waals surface area contributed by atoms with Gasteiger partial charge in [-0.25, -0.2) is 0 Å². The van der Waals surface area contributed by atoms with E-state index in [2.05, 4.69) is 54.6 Å². The first kappa shape index (κ1) is 44.1. The van der Waals surface area contributed by atoms with Crippen molar-refractivity contribution in [2.75, 3.05) is 36.0 Å². The summed E-state index contributed by atoms with van der Waals surface area (Å²) in [6, 6.07) is 19.4. The number of aromatic nitrogens is 1. The number of carbonyl (C=O) groups is 2. The topological polar surface area (TPSA) is 200 Å². The van der Waals surface area contributed by atoms with E-state index in [1.807, 2.05) is 60.7 Å². The molecule has 0 unspecified atom stereocenters. The zero-order valence-corrected chi connectivity index (χ0v) is 35.2. The Morgan fingerprint density at radius 3 is 2.19 bits per heavy atom. The van der Waals surface area contributed by atoms with Crippen LogP contribution in [0.25, 0.3) is 5.57 Å². The number of fused-ring (bicyclic) bond motifs is 2. The summed E-state index contributed by atoms with van der Waals surface area (Å²) in [6.07, 6.45) is 12.3.